The lowest BCUT2D eigenvalue weighted by Gasteiger charge is -2.22. The summed E-state index contributed by atoms with van der Waals surface area (Å²) in [5.74, 6) is -3.36. The molecular formula is C22H22ClIN2O5. The smallest absolute Gasteiger partial charge is 0.412 e. The van der Waals surface area contributed by atoms with E-state index in [0.717, 1.165) is 3.57 Å². The molecule has 0 aromatic heterocycles. The maximum absolute atomic E-state index is 13.0. The Bertz CT molecular complexity index is 1010. The van der Waals surface area contributed by atoms with Gasteiger partial charge in [0.2, 0.25) is 5.78 Å². The summed E-state index contributed by atoms with van der Waals surface area (Å²) >= 11 is 8.34. The van der Waals surface area contributed by atoms with Gasteiger partial charge in [0.25, 0.3) is 0 Å². The Balaban J connectivity index is 2.38. The highest BCUT2D eigenvalue weighted by atomic mass is 127. The first-order valence-electron chi connectivity index (χ1n) is 9.37. The summed E-state index contributed by atoms with van der Waals surface area (Å²) in [5.41, 5.74) is 5.25. The van der Waals surface area contributed by atoms with Crippen molar-refractivity contribution in [3.63, 3.8) is 0 Å². The Labute approximate surface area is 198 Å². The van der Waals surface area contributed by atoms with Crippen molar-refractivity contribution in [2.24, 2.45) is 11.7 Å². The van der Waals surface area contributed by atoms with Gasteiger partial charge in [0, 0.05) is 15.1 Å². The molecule has 0 aliphatic rings. The van der Waals surface area contributed by atoms with Gasteiger partial charge in [-0.25, -0.2) is 4.79 Å². The van der Waals surface area contributed by atoms with Crippen molar-refractivity contribution in [3.8, 4) is 5.75 Å². The molecule has 0 fully saturated rings. The maximum atomic E-state index is 13.0. The van der Waals surface area contributed by atoms with E-state index in [1.807, 2.05) is 26.0 Å². The zero-order valence-corrected chi connectivity index (χ0v) is 20.1. The van der Waals surface area contributed by atoms with Gasteiger partial charge in [0.1, 0.15) is 11.7 Å². The maximum Gasteiger partial charge on any atom is 0.412 e. The Hall–Kier alpha value is -2.46. The number of ether oxygens (including phenoxy) is 2. The first kappa shape index (κ1) is 24.8. The molecule has 2 aromatic carbocycles. The van der Waals surface area contributed by atoms with Crippen molar-refractivity contribution in [1.82, 2.24) is 0 Å². The summed E-state index contributed by atoms with van der Waals surface area (Å²) < 4.78 is 11.1. The van der Waals surface area contributed by atoms with Crippen LogP contribution in [0.15, 0.2) is 42.5 Å². The number of benzene rings is 2. The standard InChI is InChI=1S/C22H22ClIN2O5/c1-11(2)30-17-9-6-14(10-16(17)23)20(27)19(25)18(21(28)31-22(26)29)12(3)13-4-7-15(24)8-5-13/h4-12,18,25H,1-3H3,(H2,26,29). The number of primary amides is 1. The van der Waals surface area contributed by atoms with Gasteiger partial charge in [-0.1, -0.05) is 30.7 Å². The Morgan fingerprint density at radius 2 is 1.68 bits per heavy atom. The molecule has 0 spiro atoms. The second kappa shape index (κ2) is 10.7. The monoisotopic (exact) mass is 556 g/mol. The summed E-state index contributed by atoms with van der Waals surface area (Å²) in [6.45, 7) is 5.35. The van der Waals surface area contributed by atoms with E-state index in [1.54, 1.807) is 19.1 Å². The SMILES string of the molecule is CC(C)Oc1ccc(C(=O)C(=N)C(C(=O)OC(N)=O)C(C)c2ccc(I)cc2)cc1Cl. The third-order valence-corrected chi connectivity index (χ3v) is 5.48. The van der Waals surface area contributed by atoms with E-state index < -0.39 is 35.4 Å². The number of nitrogens with two attached hydrogens (primary N) is 1. The van der Waals surface area contributed by atoms with Crippen LogP contribution in [0.2, 0.25) is 5.02 Å². The van der Waals surface area contributed by atoms with Crippen LogP contribution in [0.1, 0.15) is 42.6 Å². The number of ketones is 1. The normalized spacial score (nSPS) is 12.7. The summed E-state index contributed by atoms with van der Waals surface area (Å²) in [7, 11) is 0. The van der Waals surface area contributed by atoms with Gasteiger partial charge >= 0.3 is 12.1 Å². The molecule has 7 nitrogen and oxygen atoms in total. The highest BCUT2D eigenvalue weighted by molar-refractivity contribution is 14.1. The molecule has 2 aromatic rings. The molecule has 0 bridgehead atoms. The molecule has 0 heterocycles. The van der Waals surface area contributed by atoms with Crippen molar-refractivity contribution in [2.45, 2.75) is 32.8 Å². The molecular weight excluding hydrogens is 535 g/mol. The number of hydrogen-bond donors (Lipinski definition) is 2. The van der Waals surface area contributed by atoms with Gasteiger partial charge in [0.15, 0.2) is 0 Å². The first-order valence-corrected chi connectivity index (χ1v) is 10.8. The average molecular weight is 557 g/mol. The van der Waals surface area contributed by atoms with Gasteiger partial charge < -0.3 is 20.6 Å². The fourth-order valence-corrected chi connectivity index (χ4v) is 3.57. The number of Topliss-reactive ketones (excluding diaryl/α,β-unsaturated/α-hetero) is 1. The molecule has 0 saturated heterocycles. The quantitative estimate of drug-likeness (QED) is 0.156. The van der Waals surface area contributed by atoms with Crippen LogP contribution in [0.4, 0.5) is 4.79 Å². The number of esters is 1. The molecule has 2 rings (SSSR count). The second-order valence-electron chi connectivity index (χ2n) is 7.11. The van der Waals surface area contributed by atoms with E-state index in [2.05, 4.69) is 27.3 Å². The molecule has 3 N–H and O–H groups in total. The Morgan fingerprint density at radius 3 is 2.19 bits per heavy atom. The Morgan fingerprint density at radius 1 is 1.06 bits per heavy atom. The first-order chi connectivity index (χ1) is 14.5. The minimum Gasteiger partial charge on any atom is -0.489 e. The van der Waals surface area contributed by atoms with E-state index in [-0.39, 0.29) is 16.7 Å². The average Bonchev–Trinajstić information content (AvgIpc) is 2.68. The molecule has 31 heavy (non-hydrogen) atoms. The molecule has 9 heteroatoms. The summed E-state index contributed by atoms with van der Waals surface area (Å²) in [4.78, 5) is 36.7. The summed E-state index contributed by atoms with van der Waals surface area (Å²) in [6.07, 6.45) is -1.41. The third kappa shape index (κ3) is 6.51. The van der Waals surface area contributed by atoms with Gasteiger partial charge in [0.05, 0.1) is 16.8 Å². The Kier molecular flexibility index (Phi) is 8.58. The van der Waals surface area contributed by atoms with Gasteiger partial charge in [-0.3, -0.25) is 9.59 Å². The second-order valence-corrected chi connectivity index (χ2v) is 8.77. The topological polar surface area (TPSA) is 120 Å². The van der Waals surface area contributed by atoms with Crippen molar-refractivity contribution in [2.75, 3.05) is 0 Å². The van der Waals surface area contributed by atoms with Crippen molar-refractivity contribution < 1.29 is 23.9 Å². The van der Waals surface area contributed by atoms with E-state index in [4.69, 9.17) is 27.5 Å². The van der Waals surface area contributed by atoms with Crippen LogP contribution in [0.25, 0.3) is 0 Å². The third-order valence-electron chi connectivity index (χ3n) is 4.46. The molecule has 0 saturated carbocycles. The number of amides is 1. The molecule has 2 atom stereocenters. The molecule has 0 radical (unpaired) electrons. The van der Waals surface area contributed by atoms with Crippen LogP contribution in [0, 0.1) is 14.9 Å². The number of hydrogen-bond acceptors (Lipinski definition) is 6. The van der Waals surface area contributed by atoms with Crippen molar-refractivity contribution >= 4 is 57.7 Å². The predicted molar refractivity (Wildman–Crippen MR) is 126 cm³/mol. The van der Waals surface area contributed by atoms with Crippen molar-refractivity contribution in [3.05, 3.63) is 62.2 Å². The minimum atomic E-state index is -1.34. The number of carbonyl (C=O) groups excluding carboxylic acids is 3. The minimum absolute atomic E-state index is 0.109. The fourth-order valence-electron chi connectivity index (χ4n) is 2.98. The highest BCUT2D eigenvalue weighted by Gasteiger charge is 2.36. The molecule has 0 aliphatic carbocycles. The highest BCUT2D eigenvalue weighted by Crippen LogP contribution is 2.30. The molecule has 164 valence electrons. The van der Waals surface area contributed by atoms with E-state index in [1.165, 1.54) is 18.2 Å². The van der Waals surface area contributed by atoms with Crippen LogP contribution in [0.5, 0.6) is 5.75 Å². The predicted octanol–water partition coefficient (Wildman–Crippen LogP) is 4.98. The van der Waals surface area contributed by atoms with Crippen LogP contribution in [-0.2, 0) is 9.53 Å². The van der Waals surface area contributed by atoms with Gasteiger partial charge in [-0.2, -0.15) is 0 Å². The lowest BCUT2D eigenvalue weighted by molar-refractivity contribution is -0.139. The molecule has 0 aliphatic heterocycles. The van der Waals surface area contributed by atoms with Crippen molar-refractivity contribution in [1.29, 1.82) is 5.41 Å². The molecule has 1 amide bonds. The fraction of sp³-hybridized carbons (Fsp3) is 0.273. The van der Waals surface area contributed by atoms with E-state index >= 15 is 0 Å². The van der Waals surface area contributed by atoms with Gasteiger partial charge in [-0.15, -0.1) is 0 Å². The lowest BCUT2D eigenvalue weighted by Crippen LogP contribution is -2.37. The number of rotatable bonds is 8. The number of halogens is 2. The van der Waals surface area contributed by atoms with E-state index in [0.29, 0.717) is 11.3 Å². The van der Waals surface area contributed by atoms with Crippen LogP contribution < -0.4 is 10.5 Å². The van der Waals surface area contributed by atoms with E-state index in [9.17, 15) is 14.4 Å². The largest absolute Gasteiger partial charge is 0.489 e. The zero-order valence-electron chi connectivity index (χ0n) is 17.1. The lowest BCUT2D eigenvalue weighted by atomic mass is 9.82. The number of carbonyl (C=O) groups is 3. The zero-order chi connectivity index (χ0) is 23.3. The van der Waals surface area contributed by atoms with Crippen LogP contribution in [0.3, 0.4) is 0 Å². The number of nitrogens with one attached hydrogen (secondary N) is 1. The molecule has 2 unspecified atom stereocenters. The summed E-state index contributed by atoms with van der Waals surface area (Å²) in [5, 5.41) is 8.65. The van der Waals surface area contributed by atoms with Gasteiger partial charge in [-0.05, 0) is 72.3 Å². The summed E-state index contributed by atoms with van der Waals surface area (Å²) in [6, 6.07) is 11.6. The van der Waals surface area contributed by atoms with Crippen LogP contribution >= 0.6 is 34.2 Å². The van der Waals surface area contributed by atoms with Crippen LogP contribution in [-0.4, -0.2) is 29.7 Å².